The Balaban J connectivity index is 1.94. The molecular formula is C21H39NO3. The van der Waals surface area contributed by atoms with E-state index in [0.717, 1.165) is 19.3 Å². The molecule has 5 atom stereocenters. The van der Waals surface area contributed by atoms with E-state index in [-0.39, 0.29) is 18.2 Å². The summed E-state index contributed by atoms with van der Waals surface area (Å²) in [6.45, 7) is 2.07. The molecule has 0 spiro atoms. The van der Waals surface area contributed by atoms with Gasteiger partial charge in [0.1, 0.15) is 6.10 Å². The van der Waals surface area contributed by atoms with Gasteiger partial charge in [-0.05, 0) is 46.7 Å². The smallest absolute Gasteiger partial charge is 0.185 e. The monoisotopic (exact) mass is 353 g/mol. The molecule has 1 heterocycles. The van der Waals surface area contributed by atoms with Gasteiger partial charge < -0.3 is 19.5 Å². The summed E-state index contributed by atoms with van der Waals surface area (Å²) in [6, 6.07) is 0.0903. The molecule has 0 radical (unpaired) electrons. The summed E-state index contributed by atoms with van der Waals surface area (Å²) < 4.78 is 12.2. The van der Waals surface area contributed by atoms with Gasteiger partial charge in [0, 0.05) is 6.04 Å². The molecular weight excluding hydrogens is 314 g/mol. The van der Waals surface area contributed by atoms with Gasteiger partial charge >= 0.3 is 0 Å². The first-order chi connectivity index (χ1) is 12.1. The quantitative estimate of drug-likeness (QED) is 0.770. The number of hydrogen-bond acceptors (Lipinski definition) is 4. The highest BCUT2D eigenvalue weighted by Gasteiger charge is 2.38. The lowest BCUT2D eigenvalue weighted by Gasteiger charge is -2.41. The van der Waals surface area contributed by atoms with Crippen molar-refractivity contribution >= 4 is 0 Å². The van der Waals surface area contributed by atoms with E-state index >= 15 is 0 Å². The Morgan fingerprint density at radius 2 is 1.64 bits per heavy atom. The second kappa shape index (κ2) is 11.3. The van der Waals surface area contributed by atoms with Gasteiger partial charge in [-0.2, -0.15) is 0 Å². The maximum Gasteiger partial charge on any atom is 0.185 e. The molecule has 2 rings (SSSR count). The van der Waals surface area contributed by atoms with Gasteiger partial charge in [-0.3, -0.25) is 0 Å². The minimum absolute atomic E-state index is 0.0496. The largest absolute Gasteiger partial charge is 0.386 e. The highest BCUT2D eigenvalue weighted by molar-refractivity contribution is 4.92. The number of aliphatic hydroxyl groups is 1. The zero-order valence-electron chi connectivity index (χ0n) is 16.5. The van der Waals surface area contributed by atoms with Crippen LogP contribution in [-0.2, 0) is 9.47 Å². The lowest BCUT2D eigenvalue weighted by Crippen LogP contribution is -2.54. The Morgan fingerprint density at radius 3 is 2.32 bits per heavy atom. The number of ether oxygens (including phenoxy) is 2. The Hall–Kier alpha value is -0.420. The molecule has 0 bridgehead atoms. The Labute approximate surface area is 154 Å². The van der Waals surface area contributed by atoms with E-state index in [1.54, 1.807) is 0 Å². The highest BCUT2D eigenvalue weighted by Crippen LogP contribution is 2.26. The third-order valence-corrected chi connectivity index (χ3v) is 5.55. The van der Waals surface area contributed by atoms with Crippen molar-refractivity contribution in [3.8, 4) is 0 Å². The van der Waals surface area contributed by atoms with Gasteiger partial charge in [0.2, 0.25) is 0 Å². The van der Waals surface area contributed by atoms with Crippen molar-refractivity contribution in [1.82, 2.24) is 4.90 Å². The Morgan fingerprint density at radius 1 is 1.00 bits per heavy atom. The van der Waals surface area contributed by atoms with Crippen LogP contribution in [0.25, 0.3) is 0 Å². The van der Waals surface area contributed by atoms with Crippen LogP contribution >= 0.6 is 0 Å². The van der Waals surface area contributed by atoms with Gasteiger partial charge in [-0.25, -0.2) is 0 Å². The molecule has 1 saturated heterocycles. The second-order valence-electron chi connectivity index (χ2n) is 8.08. The number of likely N-dealkylation sites (N-methyl/N-ethyl adjacent to an activating group) is 1. The predicted molar refractivity (Wildman–Crippen MR) is 103 cm³/mol. The summed E-state index contributed by atoms with van der Waals surface area (Å²) in [7, 11) is 4.03. The Bertz CT molecular complexity index is 385. The molecule has 0 unspecified atom stereocenters. The molecule has 4 nitrogen and oxygen atoms in total. The predicted octanol–water partition coefficient (Wildman–Crippen LogP) is 4.27. The molecule has 0 aromatic rings. The standard InChI is InChI=1S/C21H39NO3/c1-17-16-19(22(2)3)20(23)21(24-17)25-18-14-12-10-8-6-4-5-7-9-11-13-15-18/h12,14,17-21,23H,4-11,13,15-16H2,1-3H3/b14-12+/t17-,18-,19+,20-,21+/m1/s1. The van der Waals surface area contributed by atoms with Crippen molar-refractivity contribution < 1.29 is 14.6 Å². The van der Waals surface area contributed by atoms with Crippen LogP contribution in [0.2, 0.25) is 0 Å². The summed E-state index contributed by atoms with van der Waals surface area (Å²) in [5.41, 5.74) is 0. The van der Waals surface area contributed by atoms with Crippen LogP contribution in [0, 0.1) is 0 Å². The molecule has 0 amide bonds. The van der Waals surface area contributed by atoms with Crippen LogP contribution in [0.4, 0.5) is 0 Å². The van der Waals surface area contributed by atoms with Gasteiger partial charge in [-0.1, -0.05) is 57.1 Å². The average Bonchev–Trinajstić information content (AvgIpc) is 2.59. The Kier molecular flexibility index (Phi) is 9.46. The van der Waals surface area contributed by atoms with E-state index in [0.29, 0.717) is 0 Å². The van der Waals surface area contributed by atoms with Crippen molar-refractivity contribution in [2.45, 2.75) is 108 Å². The van der Waals surface area contributed by atoms with Crippen LogP contribution < -0.4 is 0 Å². The fourth-order valence-corrected chi connectivity index (χ4v) is 3.95. The molecule has 1 aliphatic heterocycles. The maximum absolute atomic E-state index is 10.7. The fraction of sp³-hybridized carbons (Fsp3) is 0.905. The van der Waals surface area contributed by atoms with Gasteiger partial charge in [-0.15, -0.1) is 0 Å². The molecule has 0 aromatic carbocycles. The van der Waals surface area contributed by atoms with Crippen LogP contribution in [0.3, 0.4) is 0 Å². The van der Waals surface area contributed by atoms with Crippen molar-refractivity contribution in [2.75, 3.05) is 14.1 Å². The molecule has 25 heavy (non-hydrogen) atoms. The van der Waals surface area contributed by atoms with E-state index in [1.807, 2.05) is 14.1 Å². The zero-order chi connectivity index (χ0) is 18.1. The molecule has 4 heteroatoms. The third kappa shape index (κ3) is 7.38. The van der Waals surface area contributed by atoms with Crippen LogP contribution in [0.5, 0.6) is 0 Å². The topological polar surface area (TPSA) is 41.9 Å². The lowest BCUT2D eigenvalue weighted by molar-refractivity contribution is -0.262. The van der Waals surface area contributed by atoms with Gasteiger partial charge in [0.15, 0.2) is 6.29 Å². The number of nitrogens with zero attached hydrogens (tertiary/aromatic N) is 1. The SMILES string of the molecule is C[C@@H]1C[C@H](N(C)C)[C@@H](O)[C@H](O[C@@H]2/C=C/CCCCCCCCCC2)O1. The van der Waals surface area contributed by atoms with Crippen molar-refractivity contribution in [3.63, 3.8) is 0 Å². The molecule has 1 aliphatic carbocycles. The van der Waals surface area contributed by atoms with Crippen LogP contribution in [-0.4, -0.2) is 54.7 Å². The maximum atomic E-state index is 10.7. The lowest BCUT2D eigenvalue weighted by atomic mass is 9.99. The van der Waals surface area contributed by atoms with Gasteiger partial charge in [0.05, 0.1) is 12.2 Å². The molecule has 2 aliphatic rings. The number of allylic oxidation sites excluding steroid dienone is 1. The summed E-state index contributed by atoms with van der Waals surface area (Å²) >= 11 is 0. The molecule has 0 aromatic heterocycles. The van der Waals surface area contributed by atoms with E-state index in [2.05, 4.69) is 24.0 Å². The van der Waals surface area contributed by atoms with Crippen molar-refractivity contribution in [3.05, 3.63) is 12.2 Å². The van der Waals surface area contributed by atoms with Crippen LogP contribution in [0.1, 0.15) is 77.6 Å². The van der Waals surface area contributed by atoms with E-state index < -0.39 is 12.4 Å². The number of aliphatic hydroxyl groups excluding tert-OH is 1. The summed E-state index contributed by atoms with van der Waals surface area (Å²) in [6.07, 6.45) is 17.0. The first-order valence-corrected chi connectivity index (χ1v) is 10.4. The second-order valence-corrected chi connectivity index (χ2v) is 8.08. The van der Waals surface area contributed by atoms with E-state index in [9.17, 15) is 5.11 Å². The van der Waals surface area contributed by atoms with E-state index in [4.69, 9.17) is 9.47 Å². The molecule has 1 fully saturated rings. The minimum Gasteiger partial charge on any atom is -0.386 e. The highest BCUT2D eigenvalue weighted by atomic mass is 16.7. The van der Waals surface area contributed by atoms with E-state index in [1.165, 1.54) is 51.4 Å². The summed E-state index contributed by atoms with van der Waals surface area (Å²) in [5.74, 6) is 0. The van der Waals surface area contributed by atoms with Crippen molar-refractivity contribution in [1.29, 1.82) is 0 Å². The average molecular weight is 354 g/mol. The van der Waals surface area contributed by atoms with Crippen molar-refractivity contribution in [2.24, 2.45) is 0 Å². The number of hydrogen-bond donors (Lipinski definition) is 1. The molecule has 1 N–H and O–H groups in total. The number of rotatable bonds is 3. The zero-order valence-corrected chi connectivity index (χ0v) is 16.5. The van der Waals surface area contributed by atoms with Crippen LogP contribution in [0.15, 0.2) is 12.2 Å². The first-order valence-electron chi connectivity index (χ1n) is 10.4. The summed E-state index contributed by atoms with van der Waals surface area (Å²) in [5, 5.41) is 10.7. The summed E-state index contributed by atoms with van der Waals surface area (Å²) in [4.78, 5) is 2.08. The van der Waals surface area contributed by atoms with Gasteiger partial charge in [0.25, 0.3) is 0 Å². The third-order valence-electron chi connectivity index (χ3n) is 5.55. The molecule has 146 valence electrons. The normalized spacial score (nSPS) is 37.7. The minimum atomic E-state index is -0.593. The molecule has 0 saturated carbocycles. The fourth-order valence-electron chi connectivity index (χ4n) is 3.95. The first kappa shape index (κ1) is 20.9.